The summed E-state index contributed by atoms with van der Waals surface area (Å²) < 4.78 is 5.06. The van der Waals surface area contributed by atoms with Crippen LogP contribution in [0.4, 0.5) is 17.1 Å². The summed E-state index contributed by atoms with van der Waals surface area (Å²) >= 11 is 0. The van der Waals surface area contributed by atoms with Crippen LogP contribution in [0.3, 0.4) is 0 Å². The van der Waals surface area contributed by atoms with Gasteiger partial charge < -0.3 is 9.30 Å². The summed E-state index contributed by atoms with van der Waals surface area (Å²) in [5, 5.41) is 13.7. The lowest BCUT2D eigenvalue weighted by Crippen LogP contribution is -2.15. The molecule has 0 unspecified atom stereocenters. The van der Waals surface area contributed by atoms with Gasteiger partial charge in [-0.05, 0) is 98.8 Å². The number of para-hydroxylation sites is 2. The first kappa shape index (κ1) is 34.7. The van der Waals surface area contributed by atoms with Crippen molar-refractivity contribution in [3.63, 3.8) is 0 Å². The lowest BCUT2D eigenvalue weighted by molar-refractivity contribution is 0.591. The van der Waals surface area contributed by atoms with E-state index in [1.54, 1.807) is 0 Å². The van der Waals surface area contributed by atoms with Gasteiger partial charge in [-0.25, -0.2) is 4.98 Å². The summed E-state index contributed by atoms with van der Waals surface area (Å²) in [5.74, 6) is 0. The molecular weight excluding hydrogens is 741 g/mol. The summed E-state index contributed by atoms with van der Waals surface area (Å²) in [5.41, 5.74) is 14.0. The molecule has 5 aromatic heterocycles. The number of pyridine rings is 1. The molecule has 4 nitrogen and oxygen atoms in total. The molecule has 0 aliphatic heterocycles. The third-order valence-corrected chi connectivity index (χ3v) is 13.6. The summed E-state index contributed by atoms with van der Waals surface area (Å²) in [4.78, 5) is 8.40. The van der Waals surface area contributed by atoms with Crippen LogP contribution in [-0.4, -0.2) is 13.8 Å². The number of nitrogens with zero attached hydrogens (tertiary/aromatic N) is 4. The third-order valence-electron chi connectivity index (χ3n) is 13.6. The van der Waals surface area contributed by atoms with Gasteiger partial charge in [-0.3, -0.25) is 4.40 Å². The minimum absolute atomic E-state index is 0.0428. The SMILES string of the molecule is CC(C)(C)c1cc(N(c2ccccc2)c2ccccc2)c2c(c1)c1cc3ccccc3c3c4nc5c(cc4n2c13)c1cc(C(C)(C)C)cc2c3ccc4ccccc4c3n5c12. The van der Waals surface area contributed by atoms with Gasteiger partial charge in [-0.1, -0.05) is 139 Å². The van der Waals surface area contributed by atoms with Gasteiger partial charge in [0, 0.05) is 54.5 Å². The Morgan fingerprint density at radius 3 is 1.62 bits per heavy atom. The number of aromatic nitrogens is 3. The molecule has 13 aromatic rings. The Labute approximate surface area is 353 Å². The lowest BCUT2D eigenvalue weighted by Gasteiger charge is -2.29. The van der Waals surface area contributed by atoms with Crippen molar-refractivity contribution in [2.24, 2.45) is 0 Å². The first-order valence-electron chi connectivity index (χ1n) is 21.6. The topological polar surface area (TPSA) is 25.0 Å². The van der Waals surface area contributed by atoms with E-state index in [0.717, 1.165) is 33.7 Å². The van der Waals surface area contributed by atoms with Crippen LogP contribution in [0.25, 0.3) is 98.0 Å². The van der Waals surface area contributed by atoms with Crippen molar-refractivity contribution in [3.05, 3.63) is 169 Å². The number of anilines is 3. The standard InChI is InChI=1S/C57H44N4/c1-56(2,3)35-28-43-41-26-25-33-17-13-16-24-40(33)51(41)61-52(43)45(29-35)46-32-47-50(58-55(46)61)49-39-23-15-14-18-34(39)27-42-44-30-36(57(4,5)6)31-48(53(44)60(47)54(42)49)59(37-19-9-7-10-20-37)38-21-11-8-12-22-38/h7-32H,1-6H3. The van der Waals surface area contributed by atoms with E-state index < -0.39 is 0 Å². The maximum atomic E-state index is 5.94. The molecule has 0 aliphatic rings. The van der Waals surface area contributed by atoms with E-state index in [0.29, 0.717) is 0 Å². The Hall–Kier alpha value is -7.17. The highest BCUT2D eigenvalue weighted by Gasteiger charge is 2.30. The second-order valence-electron chi connectivity index (χ2n) is 19.3. The predicted molar refractivity (Wildman–Crippen MR) is 261 cm³/mol. The normalized spacial score (nSPS) is 13.1. The molecule has 61 heavy (non-hydrogen) atoms. The van der Waals surface area contributed by atoms with Crippen LogP contribution >= 0.6 is 0 Å². The molecule has 8 aromatic carbocycles. The van der Waals surface area contributed by atoms with E-state index in [4.69, 9.17) is 4.98 Å². The number of benzene rings is 8. The van der Waals surface area contributed by atoms with Gasteiger partial charge in [0.05, 0.1) is 38.8 Å². The van der Waals surface area contributed by atoms with E-state index in [-0.39, 0.29) is 10.8 Å². The van der Waals surface area contributed by atoms with E-state index in [1.807, 2.05) is 0 Å². The van der Waals surface area contributed by atoms with Gasteiger partial charge in [0.15, 0.2) is 0 Å². The molecule has 0 saturated carbocycles. The highest BCUT2D eigenvalue weighted by Crippen LogP contribution is 2.51. The highest BCUT2D eigenvalue weighted by atomic mass is 15.2. The van der Waals surface area contributed by atoms with Crippen molar-refractivity contribution in [1.29, 1.82) is 0 Å². The molecule has 292 valence electrons. The minimum Gasteiger partial charge on any atom is -0.308 e. The van der Waals surface area contributed by atoms with Crippen LogP contribution in [0, 0.1) is 0 Å². The molecule has 0 saturated heterocycles. The maximum absolute atomic E-state index is 5.94. The first-order chi connectivity index (χ1) is 29.5. The molecule has 0 bridgehead atoms. The van der Waals surface area contributed by atoms with Gasteiger partial charge in [-0.15, -0.1) is 0 Å². The summed E-state index contributed by atoms with van der Waals surface area (Å²) in [7, 11) is 0. The van der Waals surface area contributed by atoms with Crippen LogP contribution in [0.5, 0.6) is 0 Å². The Morgan fingerprint density at radius 2 is 0.951 bits per heavy atom. The van der Waals surface area contributed by atoms with Crippen LogP contribution in [-0.2, 0) is 10.8 Å². The zero-order valence-electron chi connectivity index (χ0n) is 35.3. The van der Waals surface area contributed by atoms with Crippen LogP contribution in [0.2, 0.25) is 0 Å². The molecule has 0 radical (unpaired) electrons. The second-order valence-corrected chi connectivity index (χ2v) is 19.3. The Kier molecular flexibility index (Phi) is 6.69. The molecular formula is C57H44N4. The Balaban J connectivity index is 1.29. The van der Waals surface area contributed by atoms with Gasteiger partial charge in [-0.2, -0.15) is 0 Å². The van der Waals surface area contributed by atoms with Crippen LogP contribution in [0.1, 0.15) is 52.7 Å². The number of rotatable bonds is 3. The molecule has 0 atom stereocenters. The predicted octanol–water partition coefficient (Wildman–Crippen LogP) is 15.8. The van der Waals surface area contributed by atoms with Crippen molar-refractivity contribution in [1.82, 2.24) is 13.8 Å². The minimum atomic E-state index is -0.0929. The van der Waals surface area contributed by atoms with Gasteiger partial charge in [0.1, 0.15) is 5.65 Å². The molecule has 0 fully saturated rings. The van der Waals surface area contributed by atoms with Crippen molar-refractivity contribution in [2.75, 3.05) is 4.90 Å². The second kappa shape index (κ2) is 11.8. The van der Waals surface area contributed by atoms with E-state index in [2.05, 4.69) is 213 Å². The van der Waals surface area contributed by atoms with Crippen LogP contribution < -0.4 is 4.90 Å². The van der Waals surface area contributed by atoms with E-state index in [9.17, 15) is 0 Å². The average Bonchev–Trinajstić information content (AvgIpc) is 3.98. The quantitative estimate of drug-likeness (QED) is 0.178. The van der Waals surface area contributed by atoms with E-state index in [1.165, 1.54) is 92.4 Å². The number of hydrogen-bond donors (Lipinski definition) is 0. The van der Waals surface area contributed by atoms with Gasteiger partial charge in [0.25, 0.3) is 0 Å². The zero-order chi connectivity index (χ0) is 41.1. The fourth-order valence-electron chi connectivity index (χ4n) is 10.6. The summed E-state index contributed by atoms with van der Waals surface area (Å²) in [6, 6.07) is 58.8. The van der Waals surface area contributed by atoms with Crippen molar-refractivity contribution in [2.45, 2.75) is 52.4 Å². The van der Waals surface area contributed by atoms with Crippen LogP contribution in [0.15, 0.2) is 158 Å². The number of fused-ring (bicyclic) bond motifs is 16. The lowest BCUT2D eigenvalue weighted by atomic mass is 9.85. The van der Waals surface area contributed by atoms with E-state index >= 15 is 0 Å². The Bertz CT molecular complexity index is 3890. The number of hydrogen-bond acceptors (Lipinski definition) is 2. The molecule has 0 spiro atoms. The van der Waals surface area contributed by atoms with Crippen molar-refractivity contribution < 1.29 is 0 Å². The van der Waals surface area contributed by atoms with Gasteiger partial charge in [0.2, 0.25) is 0 Å². The van der Waals surface area contributed by atoms with Crippen molar-refractivity contribution >= 4 is 115 Å². The largest absolute Gasteiger partial charge is 0.308 e. The van der Waals surface area contributed by atoms with Gasteiger partial charge >= 0.3 is 0 Å². The maximum Gasteiger partial charge on any atom is 0.146 e. The molecule has 0 amide bonds. The monoisotopic (exact) mass is 784 g/mol. The zero-order valence-corrected chi connectivity index (χ0v) is 35.3. The molecule has 0 N–H and O–H groups in total. The molecule has 5 heterocycles. The Morgan fingerprint density at radius 1 is 0.410 bits per heavy atom. The average molecular weight is 785 g/mol. The first-order valence-corrected chi connectivity index (χ1v) is 21.6. The molecule has 4 heteroatoms. The summed E-state index contributed by atoms with van der Waals surface area (Å²) in [6.07, 6.45) is 0. The fraction of sp³-hybridized carbons (Fsp3) is 0.140. The highest BCUT2D eigenvalue weighted by molar-refractivity contribution is 6.34. The molecule has 0 aliphatic carbocycles. The molecule has 13 rings (SSSR count). The third kappa shape index (κ3) is 4.62. The van der Waals surface area contributed by atoms with Crippen molar-refractivity contribution in [3.8, 4) is 0 Å². The smallest absolute Gasteiger partial charge is 0.146 e. The summed E-state index contributed by atoms with van der Waals surface area (Å²) in [6.45, 7) is 14.0. The fourth-order valence-corrected chi connectivity index (χ4v) is 10.6.